The molecule has 116 valence electrons. The van der Waals surface area contributed by atoms with E-state index in [0.29, 0.717) is 28.0 Å². The van der Waals surface area contributed by atoms with E-state index in [9.17, 15) is 4.79 Å². The monoisotopic (exact) mass is 345 g/mol. The molecule has 4 nitrogen and oxygen atoms in total. The van der Waals surface area contributed by atoms with Crippen LogP contribution in [0.5, 0.6) is 0 Å². The number of nitrogens with two attached hydrogens (primary N) is 1. The smallest absolute Gasteiger partial charge is 0.265 e. The summed E-state index contributed by atoms with van der Waals surface area (Å²) in [6, 6.07) is 0. The van der Waals surface area contributed by atoms with Gasteiger partial charge in [0.2, 0.25) is 0 Å². The van der Waals surface area contributed by atoms with Crippen molar-refractivity contribution in [1.29, 1.82) is 0 Å². The van der Waals surface area contributed by atoms with Crippen molar-refractivity contribution in [2.75, 3.05) is 26.2 Å². The summed E-state index contributed by atoms with van der Waals surface area (Å²) in [6.45, 7) is 8.81. The minimum absolute atomic E-state index is 0.0193. The fourth-order valence-corrected chi connectivity index (χ4v) is 3.71. The molecule has 1 amide bonds. The van der Waals surface area contributed by atoms with Crippen molar-refractivity contribution < 1.29 is 4.79 Å². The molecule has 2 rings (SSSR count). The summed E-state index contributed by atoms with van der Waals surface area (Å²) in [5.74, 6) is 0.0193. The van der Waals surface area contributed by atoms with Crippen LogP contribution >= 0.6 is 35.2 Å². The Balaban J connectivity index is 2.03. The Morgan fingerprint density at radius 2 is 1.95 bits per heavy atom. The minimum atomic E-state index is -0.318. The molecule has 0 spiro atoms. The fraction of sp³-hybridized carbons (Fsp3) is 0.571. The fourth-order valence-electron chi connectivity index (χ4n) is 2.34. The van der Waals surface area contributed by atoms with Crippen LogP contribution in [0, 0.1) is 6.92 Å². The van der Waals surface area contributed by atoms with Crippen molar-refractivity contribution in [2.24, 2.45) is 5.73 Å². The first kappa shape index (κ1) is 16.7. The molecule has 1 aliphatic rings. The number of hydrogen-bond acceptors (Lipinski definition) is 4. The van der Waals surface area contributed by atoms with Gasteiger partial charge in [-0.15, -0.1) is 11.3 Å². The van der Waals surface area contributed by atoms with Gasteiger partial charge in [0, 0.05) is 26.2 Å². The number of nitrogens with zero attached hydrogens (tertiary/aromatic N) is 2. The Morgan fingerprint density at radius 1 is 1.38 bits per heavy atom. The van der Waals surface area contributed by atoms with Gasteiger partial charge in [-0.1, -0.05) is 23.8 Å². The van der Waals surface area contributed by atoms with Gasteiger partial charge in [-0.2, -0.15) is 0 Å². The van der Waals surface area contributed by atoms with Crippen LogP contribution in [0.2, 0.25) is 5.02 Å². The third-order valence-corrected chi connectivity index (χ3v) is 6.24. The number of thiophene rings is 1. The van der Waals surface area contributed by atoms with E-state index in [1.165, 1.54) is 11.3 Å². The van der Waals surface area contributed by atoms with E-state index in [1.807, 2.05) is 31.1 Å². The van der Waals surface area contributed by atoms with Crippen molar-refractivity contribution in [3.63, 3.8) is 0 Å². The summed E-state index contributed by atoms with van der Waals surface area (Å²) >= 11 is 12.7. The number of rotatable bonds is 3. The summed E-state index contributed by atoms with van der Waals surface area (Å²) in [6.07, 6.45) is 0. The van der Waals surface area contributed by atoms with Gasteiger partial charge in [0.05, 0.1) is 15.6 Å². The van der Waals surface area contributed by atoms with E-state index in [-0.39, 0.29) is 11.4 Å². The van der Waals surface area contributed by atoms with Gasteiger partial charge in [0.25, 0.3) is 5.91 Å². The Kier molecular flexibility index (Phi) is 4.92. The highest BCUT2D eigenvalue weighted by Gasteiger charge is 2.34. The molecule has 1 saturated heterocycles. The van der Waals surface area contributed by atoms with E-state index >= 15 is 0 Å². The largest absolute Gasteiger partial charge is 0.392 e. The highest BCUT2D eigenvalue weighted by molar-refractivity contribution is 7.80. The number of carbonyl (C=O) groups excluding carboxylic acids is 1. The number of piperazine rings is 1. The lowest BCUT2D eigenvalue weighted by molar-refractivity contribution is 0.0544. The highest BCUT2D eigenvalue weighted by atomic mass is 35.5. The van der Waals surface area contributed by atoms with Crippen molar-refractivity contribution in [3.8, 4) is 0 Å². The van der Waals surface area contributed by atoms with Crippen LogP contribution in [0.4, 0.5) is 0 Å². The van der Waals surface area contributed by atoms with Crippen LogP contribution in [-0.2, 0) is 0 Å². The van der Waals surface area contributed by atoms with E-state index in [4.69, 9.17) is 29.6 Å². The maximum atomic E-state index is 12.5. The maximum absolute atomic E-state index is 12.5. The molecule has 1 aromatic heterocycles. The minimum Gasteiger partial charge on any atom is -0.392 e. The molecular formula is C14H20ClN3OS2. The van der Waals surface area contributed by atoms with Crippen LogP contribution in [-0.4, -0.2) is 52.4 Å². The lowest BCUT2D eigenvalue weighted by Crippen LogP contribution is -2.59. The van der Waals surface area contributed by atoms with Crippen LogP contribution in [0.15, 0.2) is 5.38 Å². The third-order valence-electron chi connectivity index (χ3n) is 4.05. The van der Waals surface area contributed by atoms with Crippen LogP contribution in [0.25, 0.3) is 0 Å². The molecule has 0 radical (unpaired) electrons. The average Bonchev–Trinajstić information content (AvgIpc) is 2.78. The first-order valence-electron chi connectivity index (χ1n) is 6.83. The van der Waals surface area contributed by atoms with Gasteiger partial charge in [0.1, 0.15) is 4.88 Å². The molecule has 7 heteroatoms. The molecule has 0 unspecified atom stereocenters. The Hall–Kier alpha value is -0.690. The standard InChI is InChI=1S/C14H20ClN3OS2/c1-9-8-21-11(10(9)15)12(19)17-4-6-18(7-5-17)14(2,3)13(16)20/h8H,4-7H2,1-3H3,(H2,16,20). The number of halogens is 1. The zero-order valence-electron chi connectivity index (χ0n) is 12.5. The SMILES string of the molecule is Cc1csc(C(=O)N2CCN(C(C)(C)C(N)=S)CC2)c1Cl. The van der Waals surface area contributed by atoms with Gasteiger partial charge in [-0.3, -0.25) is 9.69 Å². The molecule has 1 fully saturated rings. The van der Waals surface area contributed by atoms with Crippen molar-refractivity contribution in [2.45, 2.75) is 26.3 Å². The second kappa shape index (κ2) is 6.20. The number of carbonyl (C=O) groups is 1. The summed E-state index contributed by atoms with van der Waals surface area (Å²) in [4.78, 5) is 17.7. The predicted molar refractivity (Wildman–Crippen MR) is 92.4 cm³/mol. The average molecular weight is 346 g/mol. The van der Waals surface area contributed by atoms with Crippen molar-refractivity contribution >= 4 is 46.1 Å². The molecule has 0 aliphatic carbocycles. The van der Waals surface area contributed by atoms with Crippen LogP contribution < -0.4 is 5.73 Å². The topological polar surface area (TPSA) is 49.6 Å². The van der Waals surface area contributed by atoms with E-state index in [1.54, 1.807) is 0 Å². The van der Waals surface area contributed by atoms with Gasteiger partial charge in [-0.25, -0.2) is 0 Å². The van der Waals surface area contributed by atoms with Crippen LogP contribution in [0.3, 0.4) is 0 Å². The third kappa shape index (κ3) is 3.23. The lowest BCUT2D eigenvalue weighted by Gasteiger charge is -2.43. The zero-order valence-corrected chi connectivity index (χ0v) is 14.9. The highest BCUT2D eigenvalue weighted by Crippen LogP contribution is 2.29. The summed E-state index contributed by atoms with van der Waals surface area (Å²) in [7, 11) is 0. The number of thiocarbonyl (C=S) groups is 1. The number of hydrogen-bond donors (Lipinski definition) is 1. The Morgan fingerprint density at radius 3 is 2.38 bits per heavy atom. The second-order valence-corrected chi connectivity index (χ2v) is 7.46. The number of amides is 1. The number of aryl methyl sites for hydroxylation is 1. The summed E-state index contributed by atoms with van der Waals surface area (Å²) < 4.78 is 0. The Bertz CT molecular complexity index is 563. The normalized spacial score (nSPS) is 17.0. The second-order valence-electron chi connectivity index (χ2n) is 5.76. The van der Waals surface area contributed by atoms with E-state index < -0.39 is 0 Å². The lowest BCUT2D eigenvalue weighted by atomic mass is 10.0. The molecule has 0 atom stereocenters. The van der Waals surface area contributed by atoms with E-state index in [2.05, 4.69) is 4.90 Å². The van der Waals surface area contributed by atoms with Gasteiger partial charge < -0.3 is 10.6 Å². The quantitative estimate of drug-likeness (QED) is 0.855. The van der Waals surface area contributed by atoms with Gasteiger partial charge in [-0.05, 0) is 31.7 Å². The maximum Gasteiger partial charge on any atom is 0.265 e. The molecule has 2 heterocycles. The van der Waals surface area contributed by atoms with Gasteiger partial charge in [0.15, 0.2) is 0 Å². The molecule has 2 N–H and O–H groups in total. The van der Waals surface area contributed by atoms with Crippen molar-refractivity contribution in [3.05, 3.63) is 20.8 Å². The van der Waals surface area contributed by atoms with Crippen LogP contribution in [0.1, 0.15) is 29.1 Å². The first-order valence-corrected chi connectivity index (χ1v) is 8.49. The molecule has 0 saturated carbocycles. The zero-order chi connectivity index (χ0) is 15.8. The molecule has 1 aromatic rings. The summed E-state index contributed by atoms with van der Waals surface area (Å²) in [5.41, 5.74) is 6.44. The summed E-state index contributed by atoms with van der Waals surface area (Å²) in [5, 5.41) is 2.50. The first-order chi connectivity index (χ1) is 9.75. The van der Waals surface area contributed by atoms with Crippen molar-refractivity contribution in [1.82, 2.24) is 9.80 Å². The molecule has 21 heavy (non-hydrogen) atoms. The van der Waals surface area contributed by atoms with E-state index in [0.717, 1.165) is 18.7 Å². The molecule has 1 aliphatic heterocycles. The molecule has 0 bridgehead atoms. The molecule has 0 aromatic carbocycles. The molecular weight excluding hydrogens is 326 g/mol. The predicted octanol–water partition coefficient (Wildman–Crippen LogP) is 2.53. The Labute approximate surface area is 139 Å². The van der Waals surface area contributed by atoms with Gasteiger partial charge >= 0.3 is 0 Å².